The number of piperazine rings is 1. The third-order valence-electron chi connectivity index (χ3n) is 5.15. The van der Waals surface area contributed by atoms with E-state index in [1.54, 1.807) is 14.2 Å². The fourth-order valence-electron chi connectivity index (χ4n) is 3.45. The highest BCUT2D eigenvalue weighted by atomic mass is 16.5. The van der Waals surface area contributed by atoms with Crippen LogP contribution in [0.15, 0.2) is 42.5 Å². The van der Waals surface area contributed by atoms with Gasteiger partial charge in [-0.05, 0) is 48.9 Å². The summed E-state index contributed by atoms with van der Waals surface area (Å²) in [6.45, 7) is 6.15. The third-order valence-corrected chi connectivity index (χ3v) is 5.15. The first-order valence-electron chi connectivity index (χ1n) is 8.92. The molecule has 5 nitrogen and oxygen atoms in total. The van der Waals surface area contributed by atoms with Gasteiger partial charge in [-0.1, -0.05) is 6.07 Å². The van der Waals surface area contributed by atoms with Gasteiger partial charge in [0.1, 0.15) is 6.29 Å². The molecule has 0 aliphatic carbocycles. The first-order valence-corrected chi connectivity index (χ1v) is 8.92. The molecular weight excluding hydrogens is 328 g/mol. The summed E-state index contributed by atoms with van der Waals surface area (Å²) in [4.78, 5) is 15.6. The van der Waals surface area contributed by atoms with Crippen molar-refractivity contribution in [3.63, 3.8) is 0 Å². The normalized spacial score (nSPS) is 16.2. The Labute approximate surface area is 155 Å². The highest BCUT2D eigenvalue weighted by molar-refractivity contribution is 5.75. The highest BCUT2D eigenvalue weighted by Crippen LogP contribution is 2.32. The quantitative estimate of drug-likeness (QED) is 0.744. The maximum absolute atomic E-state index is 10.8. The lowest BCUT2D eigenvalue weighted by Gasteiger charge is -2.39. The third kappa shape index (κ3) is 3.83. The van der Waals surface area contributed by atoms with Crippen molar-refractivity contribution in [3.05, 3.63) is 53.6 Å². The number of methoxy groups -OCH3 is 2. The van der Waals surface area contributed by atoms with Crippen LogP contribution in [-0.2, 0) is 0 Å². The van der Waals surface area contributed by atoms with Crippen LogP contribution in [0.4, 0.5) is 5.69 Å². The van der Waals surface area contributed by atoms with Gasteiger partial charge in [0, 0.05) is 43.5 Å². The molecule has 2 aromatic rings. The van der Waals surface area contributed by atoms with Crippen LogP contribution in [0.3, 0.4) is 0 Å². The van der Waals surface area contributed by atoms with Crippen molar-refractivity contribution in [2.75, 3.05) is 45.3 Å². The molecule has 1 saturated heterocycles. The molecule has 1 heterocycles. The molecule has 138 valence electrons. The number of carbonyl (C=O) groups excluding carboxylic acids is 1. The number of anilines is 1. The molecule has 0 unspecified atom stereocenters. The average molecular weight is 354 g/mol. The van der Waals surface area contributed by atoms with Crippen LogP contribution < -0.4 is 14.4 Å². The summed E-state index contributed by atoms with van der Waals surface area (Å²) in [7, 11) is 3.32. The zero-order chi connectivity index (χ0) is 18.5. The molecule has 1 fully saturated rings. The Bertz CT molecular complexity index is 737. The SMILES string of the molecule is COc1ccc([C@H](C)N2CCN(c3ccc(C=O)cc3)CC2)cc1OC. The van der Waals surface area contributed by atoms with E-state index < -0.39 is 0 Å². The maximum atomic E-state index is 10.8. The zero-order valence-electron chi connectivity index (χ0n) is 15.6. The van der Waals surface area contributed by atoms with Gasteiger partial charge < -0.3 is 14.4 Å². The lowest BCUT2D eigenvalue weighted by atomic mass is 10.0. The molecule has 1 aliphatic rings. The lowest BCUT2D eigenvalue weighted by Crippen LogP contribution is -2.47. The number of aldehydes is 1. The molecule has 0 spiro atoms. The summed E-state index contributed by atoms with van der Waals surface area (Å²) in [5.41, 5.74) is 3.12. The van der Waals surface area contributed by atoms with Crippen LogP contribution in [-0.4, -0.2) is 51.6 Å². The largest absolute Gasteiger partial charge is 0.493 e. The summed E-state index contributed by atoms with van der Waals surface area (Å²) >= 11 is 0. The minimum Gasteiger partial charge on any atom is -0.493 e. The molecule has 0 radical (unpaired) electrons. The summed E-state index contributed by atoms with van der Waals surface area (Å²) in [6.07, 6.45) is 0.881. The van der Waals surface area contributed by atoms with Gasteiger partial charge in [0.2, 0.25) is 0 Å². The fourth-order valence-corrected chi connectivity index (χ4v) is 3.45. The van der Waals surface area contributed by atoms with Crippen molar-refractivity contribution in [3.8, 4) is 11.5 Å². The predicted octanol–water partition coefficient (Wildman–Crippen LogP) is 3.40. The van der Waals surface area contributed by atoms with E-state index in [2.05, 4.69) is 28.9 Å². The Balaban J connectivity index is 1.64. The number of nitrogens with zero attached hydrogens (tertiary/aromatic N) is 2. The smallest absolute Gasteiger partial charge is 0.161 e. The van der Waals surface area contributed by atoms with Gasteiger partial charge >= 0.3 is 0 Å². The number of ether oxygens (including phenoxy) is 2. The van der Waals surface area contributed by atoms with E-state index in [-0.39, 0.29) is 0 Å². The molecule has 1 atom stereocenters. The number of benzene rings is 2. The second-order valence-corrected chi connectivity index (χ2v) is 6.52. The molecule has 0 N–H and O–H groups in total. The molecule has 3 rings (SSSR count). The van der Waals surface area contributed by atoms with E-state index >= 15 is 0 Å². The summed E-state index contributed by atoms with van der Waals surface area (Å²) in [5, 5.41) is 0. The Morgan fingerprint density at radius 2 is 1.58 bits per heavy atom. The van der Waals surface area contributed by atoms with Gasteiger partial charge in [-0.3, -0.25) is 9.69 Å². The minimum absolute atomic E-state index is 0.314. The van der Waals surface area contributed by atoms with Crippen molar-refractivity contribution in [1.29, 1.82) is 0 Å². The number of carbonyl (C=O) groups is 1. The van der Waals surface area contributed by atoms with Gasteiger partial charge in [0.05, 0.1) is 14.2 Å². The van der Waals surface area contributed by atoms with Crippen LogP contribution in [0.5, 0.6) is 11.5 Å². The molecular formula is C21H26N2O3. The first-order chi connectivity index (χ1) is 12.7. The Morgan fingerprint density at radius 3 is 2.15 bits per heavy atom. The Kier molecular flexibility index (Phi) is 5.78. The van der Waals surface area contributed by atoms with E-state index in [4.69, 9.17) is 9.47 Å². The van der Waals surface area contributed by atoms with E-state index in [1.165, 1.54) is 11.3 Å². The second-order valence-electron chi connectivity index (χ2n) is 6.52. The standard InChI is InChI=1S/C21H26N2O3/c1-16(18-6-9-20(25-2)21(14-18)26-3)22-10-12-23(13-11-22)19-7-4-17(15-24)5-8-19/h4-9,14-16H,10-13H2,1-3H3/t16-/m0/s1. The fraction of sp³-hybridized carbons (Fsp3) is 0.381. The highest BCUT2D eigenvalue weighted by Gasteiger charge is 2.23. The van der Waals surface area contributed by atoms with E-state index in [1.807, 2.05) is 30.3 Å². The zero-order valence-corrected chi connectivity index (χ0v) is 15.6. The maximum Gasteiger partial charge on any atom is 0.161 e. The van der Waals surface area contributed by atoms with E-state index in [9.17, 15) is 4.79 Å². The van der Waals surface area contributed by atoms with Gasteiger partial charge in [-0.2, -0.15) is 0 Å². The van der Waals surface area contributed by atoms with Gasteiger partial charge in [-0.25, -0.2) is 0 Å². The summed E-state index contributed by atoms with van der Waals surface area (Å²) in [5.74, 6) is 1.53. The van der Waals surface area contributed by atoms with E-state index in [0.29, 0.717) is 6.04 Å². The van der Waals surface area contributed by atoms with Gasteiger partial charge in [0.25, 0.3) is 0 Å². The molecule has 0 bridgehead atoms. The predicted molar refractivity (Wildman–Crippen MR) is 104 cm³/mol. The van der Waals surface area contributed by atoms with Crippen LogP contribution in [0.1, 0.15) is 28.9 Å². The molecule has 5 heteroatoms. The molecule has 0 aromatic heterocycles. The number of hydrogen-bond donors (Lipinski definition) is 0. The summed E-state index contributed by atoms with van der Waals surface area (Å²) < 4.78 is 10.8. The molecule has 0 amide bonds. The lowest BCUT2D eigenvalue weighted by molar-refractivity contribution is 0.112. The molecule has 0 saturated carbocycles. The second kappa shape index (κ2) is 8.23. The van der Waals surface area contributed by atoms with Crippen molar-refractivity contribution in [2.24, 2.45) is 0 Å². The molecule has 2 aromatic carbocycles. The molecule has 1 aliphatic heterocycles. The Hall–Kier alpha value is -2.53. The first kappa shape index (κ1) is 18.3. The van der Waals surface area contributed by atoms with Crippen LogP contribution in [0.25, 0.3) is 0 Å². The van der Waals surface area contributed by atoms with Crippen molar-refractivity contribution in [2.45, 2.75) is 13.0 Å². The van der Waals surface area contributed by atoms with Gasteiger partial charge in [-0.15, -0.1) is 0 Å². The van der Waals surface area contributed by atoms with Crippen molar-refractivity contribution < 1.29 is 14.3 Å². The summed E-state index contributed by atoms with van der Waals surface area (Å²) in [6, 6.07) is 14.3. The average Bonchev–Trinajstić information content (AvgIpc) is 2.73. The molecule has 26 heavy (non-hydrogen) atoms. The van der Waals surface area contributed by atoms with Gasteiger partial charge in [0.15, 0.2) is 11.5 Å². The number of rotatable bonds is 6. The van der Waals surface area contributed by atoms with Crippen LogP contribution in [0.2, 0.25) is 0 Å². The minimum atomic E-state index is 0.314. The van der Waals surface area contributed by atoms with E-state index in [0.717, 1.165) is 49.5 Å². The van der Waals surface area contributed by atoms with Crippen LogP contribution >= 0.6 is 0 Å². The van der Waals surface area contributed by atoms with Crippen molar-refractivity contribution >= 4 is 12.0 Å². The van der Waals surface area contributed by atoms with Crippen molar-refractivity contribution in [1.82, 2.24) is 4.90 Å². The number of hydrogen-bond acceptors (Lipinski definition) is 5. The Morgan fingerprint density at radius 1 is 0.923 bits per heavy atom. The monoisotopic (exact) mass is 354 g/mol. The van der Waals surface area contributed by atoms with Crippen LogP contribution in [0, 0.1) is 0 Å². The topological polar surface area (TPSA) is 42.0 Å².